The minimum atomic E-state index is 0.383. The monoisotopic (exact) mass is 263 g/mol. The number of hydrogen-bond donors (Lipinski definition) is 1. The molecule has 2 saturated carbocycles. The van der Waals surface area contributed by atoms with Gasteiger partial charge >= 0.3 is 0 Å². The van der Waals surface area contributed by atoms with Crippen molar-refractivity contribution in [2.24, 2.45) is 17.6 Å². The van der Waals surface area contributed by atoms with E-state index in [1.165, 1.54) is 58.0 Å². The maximum Gasteiger partial charge on any atom is 0.0363 e. The summed E-state index contributed by atoms with van der Waals surface area (Å²) in [4.78, 5) is 5.51. The van der Waals surface area contributed by atoms with Gasteiger partial charge < -0.3 is 5.73 Å². The van der Waals surface area contributed by atoms with Crippen molar-refractivity contribution in [1.82, 2.24) is 9.80 Å². The molecule has 4 aliphatic rings. The first-order chi connectivity index (χ1) is 9.23. The molecule has 2 aliphatic heterocycles. The van der Waals surface area contributed by atoms with Crippen molar-refractivity contribution in [1.29, 1.82) is 0 Å². The zero-order valence-electron chi connectivity index (χ0n) is 12.4. The van der Waals surface area contributed by atoms with Gasteiger partial charge in [-0.15, -0.1) is 0 Å². The molecule has 5 atom stereocenters. The molecule has 0 spiro atoms. The van der Waals surface area contributed by atoms with Crippen LogP contribution in [0.5, 0.6) is 0 Å². The highest BCUT2D eigenvalue weighted by atomic mass is 15.3. The molecular weight excluding hydrogens is 234 g/mol. The van der Waals surface area contributed by atoms with Crippen molar-refractivity contribution in [3.63, 3.8) is 0 Å². The minimum absolute atomic E-state index is 0.383. The Labute approximate surface area is 117 Å². The number of rotatable bonds is 2. The fourth-order valence-corrected chi connectivity index (χ4v) is 5.89. The quantitative estimate of drug-likeness (QED) is 0.822. The molecule has 19 heavy (non-hydrogen) atoms. The van der Waals surface area contributed by atoms with Gasteiger partial charge in [-0.25, -0.2) is 0 Å². The van der Waals surface area contributed by atoms with Gasteiger partial charge in [-0.3, -0.25) is 9.80 Å². The average molecular weight is 263 g/mol. The van der Waals surface area contributed by atoms with Crippen molar-refractivity contribution in [3.05, 3.63) is 0 Å². The molecule has 4 fully saturated rings. The lowest BCUT2D eigenvalue weighted by Gasteiger charge is -2.47. The Bertz CT molecular complexity index is 358. The predicted octanol–water partition coefficient (Wildman–Crippen LogP) is 1.67. The minimum Gasteiger partial charge on any atom is -0.329 e. The molecule has 0 radical (unpaired) electrons. The largest absolute Gasteiger partial charge is 0.329 e. The highest BCUT2D eigenvalue weighted by Crippen LogP contribution is 2.53. The molecule has 2 N–H and O–H groups in total. The summed E-state index contributed by atoms with van der Waals surface area (Å²) in [7, 11) is 2.35. The van der Waals surface area contributed by atoms with Gasteiger partial charge in [-0.05, 0) is 57.4 Å². The summed E-state index contributed by atoms with van der Waals surface area (Å²) in [6.45, 7) is 3.48. The molecule has 2 saturated heterocycles. The second-order valence-electron chi connectivity index (χ2n) is 7.67. The third-order valence-electron chi connectivity index (χ3n) is 7.07. The molecule has 0 aromatic carbocycles. The third-order valence-corrected chi connectivity index (χ3v) is 7.07. The first-order valence-electron chi connectivity index (χ1n) is 8.40. The van der Waals surface area contributed by atoms with E-state index in [1.807, 2.05) is 0 Å². The molecule has 4 bridgehead atoms. The van der Waals surface area contributed by atoms with Crippen molar-refractivity contribution in [2.75, 3.05) is 26.7 Å². The second-order valence-corrected chi connectivity index (χ2v) is 7.67. The van der Waals surface area contributed by atoms with E-state index in [0.717, 1.165) is 30.5 Å². The summed E-state index contributed by atoms with van der Waals surface area (Å²) >= 11 is 0. The fraction of sp³-hybridized carbons (Fsp3) is 1.00. The van der Waals surface area contributed by atoms with Gasteiger partial charge in [-0.1, -0.05) is 6.42 Å². The first kappa shape index (κ1) is 12.6. The summed E-state index contributed by atoms with van der Waals surface area (Å²) in [6, 6.07) is 1.65. The smallest absolute Gasteiger partial charge is 0.0363 e. The topological polar surface area (TPSA) is 32.5 Å². The van der Waals surface area contributed by atoms with Crippen LogP contribution in [0, 0.1) is 11.8 Å². The lowest BCUT2D eigenvalue weighted by Crippen LogP contribution is -2.59. The number of nitrogens with zero attached hydrogens (tertiary/aromatic N) is 2. The van der Waals surface area contributed by atoms with Crippen molar-refractivity contribution in [3.8, 4) is 0 Å². The highest BCUT2D eigenvalue weighted by Gasteiger charge is 2.54. The highest BCUT2D eigenvalue weighted by molar-refractivity contribution is 5.10. The molecule has 2 heterocycles. The van der Waals surface area contributed by atoms with Gasteiger partial charge in [0, 0.05) is 37.3 Å². The Morgan fingerprint density at radius 1 is 1.11 bits per heavy atom. The molecule has 2 aliphatic carbocycles. The normalized spacial score (nSPS) is 50.8. The molecule has 0 aromatic rings. The van der Waals surface area contributed by atoms with Crippen LogP contribution in [0.15, 0.2) is 0 Å². The van der Waals surface area contributed by atoms with Crippen LogP contribution in [0.3, 0.4) is 0 Å². The van der Waals surface area contributed by atoms with E-state index in [1.54, 1.807) is 0 Å². The van der Waals surface area contributed by atoms with Crippen molar-refractivity contribution < 1.29 is 0 Å². The van der Waals surface area contributed by atoms with E-state index in [-0.39, 0.29) is 0 Å². The summed E-state index contributed by atoms with van der Waals surface area (Å²) < 4.78 is 0. The van der Waals surface area contributed by atoms with Crippen LogP contribution in [-0.4, -0.2) is 54.1 Å². The summed E-state index contributed by atoms with van der Waals surface area (Å²) in [6.07, 6.45) is 10.00. The Hall–Kier alpha value is -0.120. The van der Waals surface area contributed by atoms with Crippen molar-refractivity contribution in [2.45, 2.75) is 62.6 Å². The van der Waals surface area contributed by atoms with Crippen molar-refractivity contribution >= 4 is 0 Å². The number of nitrogens with two attached hydrogens (primary N) is 1. The summed E-state index contributed by atoms with van der Waals surface area (Å²) in [5.74, 6) is 1.90. The molecule has 108 valence electrons. The van der Waals surface area contributed by atoms with Gasteiger partial charge in [0.1, 0.15) is 0 Å². The second kappa shape index (κ2) is 4.44. The summed E-state index contributed by atoms with van der Waals surface area (Å²) in [5.41, 5.74) is 6.70. The Morgan fingerprint density at radius 2 is 1.95 bits per heavy atom. The van der Waals surface area contributed by atoms with E-state index in [4.69, 9.17) is 5.73 Å². The molecule has 3 heteroatoms. The summed E-state index contributed by atoms with van der Waals surface area (Å²) in [5, 5.41) is 0. The van der Waals surface area contributed by atoms with Gasteiger partial charge in [-0.2, -0.15) is 0 Å². The maximum absolute atomic E-state index is 6.31. The molecule has 0 amide bonds. The number of fused-ring (bicyclic) bond motifs is 4. The molecular formula is C16H29N3. The van der Waals surface area contributed by atoms with Crippen LogP contribution < -0.4 is 5.73 Å². The zero-order chi connectivity index (χ0) is 13.0. The molecule has 0 aromatic heterocycles. The van der Waals surface area contributed by atoms with E-state index >= 15 is 0 Å². The van der Waals surface area contributed by atoms with Crippen LogP contribution in [0.1, 0.15) is 44.9 Å². The van der Waals surface area contributed by atoms with E-state index in [2.05, 4.69) is 16.8 Å². The van der Waals surface area contributed by atoms with Crippen LogP contribution >= 0.6 is 0 Å². The first-order valence-corrected chi connectivity index (χ1v) is 8.40. The Morgan fingerprint density at radius 3 is 2.63 bits per heavy atom. The number of likely N-dealkylation sites (N-methyl/N-ethyl adjacent to an activating group) is 1. The van der Waals surface area contributed by atoms with Crippen LogP contribution in [0.4, 0.5) is 0 Å². The van der Waals surface area contributed by atoms with Crippen LogP contribution in [0.25, 0.3) is 0 Å². The SMILES string of the molecule is CN1C2CCC1CN(C1(CN)CC3CCC1C3)CC2. The van der Waals surface area contributed by atoms with Crippen LogP contribution in [-0.2, 0) is 0 Å². The average Bonchev–Trinajstić information content (AvgIpc) is 3.04. The number of likely N-dealkylation sites (tertiary alicyclic amines) is 1. The van der Waals surface area contributed by atoms with Gasteiger partial charge in [0.15, 0.2) is 0 Å². The fourth-order valence-electron chi connectivity index (χ4n) is 5.89. The maximum atomic E-state index is 6.31. The van der Waals surface area contributed by atoms with Gasteiger partial charge in [0.25, 0.3) is 0 Å². The van der Waals surface area contributed by atoms with E-state index < -0.39 is 0 Å². The molecule has 5 unspecified atom stereocenters. The van der Waals surface area contributed by atoms with Gasteiger partial charge in [0.2, 0.25) is 0 Å². The Kier molecular flexibility index (Phi) is 2.95. The zero-order valence-corrected chi connectivity index (χ0v) is 12.4. The molecule has 3 nitrogen and oxygen atoms in total. The number of hydrogen-bond acceptors (Lipinski definition) is 3. The van der Waals surface area contributed by atoms with Gasteiger partial charge in [0.05, 0.1) is 0 Å². The van der Waals surface area contributed by atoms with Crippen LogP contribution in [0.2, 0.25) is 0 Å². The Balaban J connectivity index is 1.58. The lowest BCUT2D eigenvalue weighted by molar-refractivity contribution is 0.0343. The third kappa shape index (κ3) is 1.74. The lowest BCUT2D eigenvalue weighted by atomic mass is 9.78. The van der Waals surface area contributed by atoms with E-state index in [9.17, 15) is 0 Å². The molecule has 4 rings (SSSR count). The standard InChI is InChI=1S/C16H29N3/c1-18-14-4-5-15(18)10-19(7-6-14)16(11-17)9-12-2-3-13(16)8-12/h12-15H,2-11,17H2,1H3. The predicted molar refractivity (Wildman–Crippen MR) is 78.0 cm³/mol. The van der Waals surface area contributed by atoms with E-state index in [0.29, 0.717) is 5.54 Å².